The number of nitrogens with one attached hydrogen (secondary N) is 4. The number of para-hydroxylation sites is 2. The minimum absolute atomic E-state index is 0.0603. The molecule has 34 heavy (non-hydrogen) atoms. The second kappa shape index (κ2) is 11.3. The van der Waals surface area contributed by atoms with Crippen molar-refractivity contribution < 1.29 is 27.8 Å². The number of aliphatic hydroxyl groups excluding tert-OH is 1. The number of amides is 2. The summed E-state index contributed by atoms with van der Waals surface area (Å²) in [6, 6.07) is 12.1. The van der Waals surface area contributed by atoms with Crippen molar-refractivity contribution in [3.05, 3.63) is 78.1 Å². The maximum absolute atomic E-state index is 12.5. The molecule has 5 N–H and O–H groups in total. The van der Waals surface area contributed by atoms with Crippen LogP contribution in [0.2, 0.25) is 0 Å². The summed E-state index contributed by atoms with van der Waals surface area (Å²) in [5, 5.41) is 19.6. The third-order valence-electron chi connectivity index (χ3n) is 4.62. The van der Waals surface area contributed by atoms with Gasteiger partial charge in [0.25, 0.3) is 0 Å². The first-order chi connectivity index (χ1) is 16.2. The van der Waals surface area contributed by atoms with E-state index >= 15 is 0 Å². The van der Waals surface area contributed by atoms with Gasteiger partial charge in [-0.3, -0.25) is 5.32 Å². The van der Waals surface area contributed by atoms with Crippen LogP contribution in [0.15, 0.2) is 72.0 Å². The maximum Gasteiger partial charge on any atom is 0.573 e. The number of nitrogens with zero attached hydrogens (tertiary/aromatic N) is 1. The molecule has 0 aromatic heterocycles. The molecule has 0 radical (unpaired) electrons. The van der Waals surface area contributed by atoms with Gasteiger partial charge in [0.15, 0.2) is 5.75 Å². The molecule has 1 aliphatic rings. The number of rotatable bonds is 8. The van der Waals surface area contributed by atoms with E-state index in [1.54, 1.807) is 0 Å². The lowest BCUT2D eigenvalue weighted by Crippen LogP contribution is -2.43. The quantitative estimate of drug-likeness (QED) is 0.375. The zero-order valence-electron chi connectivity index (χ0n) is 18.1. The van der Waals surface area contributed by atoms with Crippen LogP contribution in [-0.4, -0.2) is 36.6 Å². The van der Waals surface area contributed by atoms with Crippen molar-refractivity contribution in [2.24, 2.45) is 4.99 Å². The van der Waals surface area contributed by atoms with Crippen LogP contribution in [0.3, 0.4) is 0 Å². The molecule has 0 aliphatic carbocycles. The molecule has 0 saturated heterocycles. The number of carbonyl (C=O) groups is 1. The SMILES string of the molecule is C=C1NC(NC(=O)Nc2ccccc2OC(F)(F)F)=NC=C1c1ccc(CNCCCO)cc1. The molecule has 0 saturated carbocycles. The summed E-state index contributed by atoms with van der Waals surface area (Å²) < 4.78 is 41.6. The van der Waals surface area contributed by atoms with Gasteiger partial charge in [0.2, 0.25) is 5.96 Å². The van der Waals surface area contributed by atoms with Crippen LogP contribution in [0.25, 0.3) is 5.57 Å². The fourth-order valence-corrected chi connectivity index (χ4v) is 3.05. The van der Waals surface area contributed by atoms with Gasteiger partial charge in [-0.15, -0.1) is 13.2 Å². The van der Waals surface area contributed by atoms with Crippen LogP contribution >= 0.6 is 0 Å². The molecule has 0 unspecified atom stereocenters. The average molecular weight is 475 g/mol. The number of hydrogen-bond donors (Lipinski definition) is 5. The highest BCUT2D eigenvalue weighted by Gasteiger charge is 2.32. The molecule has 11 heteroatoms. The van der Waals surface area contributed by atoms with Gasteiger partial charge in [-0.2, -0.15) is 0 Å². The minimum Gasteiger partial charge on any atom is -0.404 e. The number of allylic oxidation sites excluding steroid dienone is 1. The highest BCUT2D eigenvalue weighted by atomic mass is 19.4. The molecule has 3 rings (SSSR count). The van der Waals surface area contributed by atoms with Crippen LogP contribution in [0, 0.1) is 0 Å². The van der Waals surface area contributed by atoms with Crippen molar-refractivity contribution in [2.75, 3.05) is 18.5 Å². The molecule has 2 amide bonds. The summed E-state index contributed by atoms with van der Waals surface area (Å²) in [6.45, 7) is 5.50. The molecule has 1 heterocycles. The number of ether oxygens (including phenoxy) is 1. The van der Waals surface area contributed by atoms with E-state index in [9.17, 15) is 18.0 Å². The van der Waals surface area contributed by atoms with E-state index in [1.807, 2.05) is 24.3 Å². The summed E-state index contributed by atoms with van der Waals surface area (Å²) >= 11 is 0. The van der Waals surface area contributed by atoms with Gasteiger partial charge in [0.05, 0.1) is 5.69 Å². The summed E-state index contributed by atoms with van der Waals surface area (Å²) in [6.07, 6.45) is -2.67. The maximum atomic E-state index is 12.5. The Hall–Kier alpha value is -3.83. The van der Waals surface area contributed by atoms with E-state index in [4.69, 9.17) is 5.11 Å². The number of halogens is 3. The first-order valence-corrected chi connectivity index (χ1v) is 10.3. The van der Waals surface area contributed by atoms with E-state index in [1.165, 1.54) is 24.4 Å². The van der Waals surface area contributed by atoms with Gasteiger partial charge in [0, 0.05) is 30.6 Å². The number of carbonyl (C=O) groups excluding carboxylic acids is 1. The predicted octanol–water partition coefficient (Wildman–Crippen LogP) is 3.69. The normalized spacial score (nSPS) is 13.5. The largest absolute Gasteiger partial charge is 0.573 e. The lowest BCUT2D eigenvalue weighted by Gasteiger charge is -2.20. The number of hydrogen-bond acceptors (Lipinski definition) is 6. The second-order valence-corrected chi connectivity index (χ2v) is 7.20. The summed E-state index contributed by atoms with van der Waals surface area (Å²) in [7, 11) is 0. The molecular weight excluding hydrogens is 451 g/mol. The highest BCUT2D eigenvalue weighted by Crippen LogP contribution is 2.30. The molecule has 180 valence electrons. The lowest BCUT2D eigenvalue weighted by molar-refractivity contribution is -0.274. The third kappa shape index (κ3) is 7.36. The summed E-state index contributed by atoms with van der Waals surface area (Å²) in [5.74, 6) is -0.479. The van der Waals surface area contributed by atoms with E-state index in [2.05, 4.69) is 37.6 Å². The van der Waals surface area contributed by atoms with Crippen molar-refractivity contribution in [1.29, 1.82) is 0 Å². The molecule has 0 bridgehead atoms. The monoisotopic (exact) mass is 475 g/mol. The third-order valence-corrected chi connectivity index (χ3v) is 4.62. The van der Waals surface area contributed by atoms with E-state index in [0.29, 0.717) is 18.7 Å². The van der Waals surface area contributed by atoms with Crippen molar-refractivity contribution in [3.63, 3.8) is 0 Å². The number of alkyl halides is 3. The van der Waals surface area contributed by atoms with Crippen LogP contribution in [0.4, 0.5) is 23.7 Å². The molecule has 0 spiro atoms. The Morgan fingerprint density at radius 3 is 2.53 bits per heavy atom. The smallest absolute Gasteiger partial charge is 0.404 e. The van der Waals surface area contributed by atoms with Crippen molar-refractivity contribution in [1.82, 2.24) is 16.0 Å². The first-order valence-electron chi connectivity index (χ1n) is 10.3. The van der Waals surface area contributed by atoms with Crippen LogP contribution in [-0.2, 0) is 6.54 Å². The number of guanidine groups is 1. The van der Waals surface area contributed by atoms with Gasteiger partial charge in [-0.1, -0.05) is 43.0 Å². The molecule has 0 fully saturated rings. The Labute approximate surface area is 194 Å². The Bertz CT molecular complexity index is 1080. The zero-order valence-corrected chi connectivity index (χ0v) is 18.1. The van der Waals surface area contributed by atoms with E-state index < -0.39 is 18.1 Å². The Morgan fingerprint density at radius 1 is 1.12 bits per heavy atom. The molecule has 2 aromatic rings. The Kier molecular flexibility index (Phi) is 8.28. The number of benzene rings is 2. The Morgan fingerprint density at radius 2 is 1.85 bits per heavy atom. The number of aliphatic hydroxyl groups is 1. The van der Waals surface area contributed by atoms with Crippen molar-refractivity contribution in [2.45, 2.75) is 19.3 Å². The first kappa shape index (κ1) is 24.8. The van der Waals surface area contributed by atoms with Crippen molar-refractivity contribution in [3.8, 4) is 5.75 Å². The fourth-order valence-electron chi connectivity index (χ4n) is 3.05. The number of urea groups is 1. The average Bonchev–Trinajstić information content (AvgIpc) is 2.78. The molecule has 2 aromatic carbocycles. The predicted molar refractivity (Wildman–Crippen MR) is 123 cm³/mol. The van der Waals surface area contributed by atoms with Gasteiger partial charge in [-0.25, -0.2) is 9.79 Å². The fraction of sp³-hybridized carbons (Fsp3) is 0.217. The number of anilines is 1. The van der Waals surface area contributed by atoms with Crippen LogP contribution in [0.5, 0.6) is 5.75 Å². The second-order valence-electron chi connectivity index (χ2n) is 7.20. The Balaban J connectivity index is 1.61. The zero-order chi connectivity index (χ0) is 24.6. The van der Waals surface area contributed by atoms with Crippen molar-refractivity contribution >= 4 is 23.3 Å². The number of aliphatic imine (C=N–C) groups is 1. The van der Waals surface area contributed by atoms with Gasteiger partial charge >= 0.3 is 12.4 Å². The van der Waals surface area contributed by atoms with Gasteiger partial charge in [0.1, 0.15) is 0 Å². The summed E-state index contributed by atoms with van der Waals surface area (Å²) in [5.41, 5.74) is 2.99. The van der Waals surface area contributed by atoms with E-state index in [0.717, 1.165) is 29.3 Å². The van der Waals surface area contributed by atoms with Gasteiger partial charge in [-0.05, 0) is 36.2 Å². The molecular formula is C23H24F3N5O3. The van der Waals surface area contributed by atoms with E-state index in [-0.39, 0.29) is 18.3 Å². The standard InChI is InChI=1S/C23H24F3N5O3/c1-15-18(17-9-7-16(8-10-17)13-27-11-4-12-32)14-28-21(29-15)31-22(33)30-19-5-2-3-6-20(19)34-23(24,25)26/h2-3,5-10,14,27,32H,1,4,11-13H2,(H3,28,29,30,31,33). The lowest BCUT2D eigenvalue weighted by atomic mass is 10.0. The molecule has 0 atom stereocenters. The molecule has 1 aliphatic heterocycles. The highest BCUT2D eigenvalue weighted by molar-refractivity contribution is 6.05. The topological polar surface area (TPSA) is 107 Å². The van der Waals surface area contributed by atoms with Crippen LogP contribution < -0.4 is 26.0 Å². The minimum atomic E-state index is -4.89. The molecule has 8 nitrogen and oxygen atoms in total. The van der Waals surface area contributed by atoms with Gasteiger partial charge < -0.3 is 25.8 Å². The summed E-state index contributed by atoms with van der Waals surface area (Å²) in [4.78, 5) is 16.4. The van der Waals surface area contributed by atoms with Crippen LogP contribution in [0.1, 0.15) is 17.5 Å².